The highest BCUT2D eigenvalue weighted by atomic mass is 32.2. The quantitative estimate of drug-likeness (QED) is 0.433. The first kappa shape index (κ1) is 19.2. The highest BCUT2D eigenvalue weighted by Gasteiger charge is 2.45. The molecule has 0 radical (unpaired) electrons. The summed E-state index contributed by atoms with van der Waals surface area (Å²) in [5.74, 6) is -2.86. The number of nitro benzene ring substituents is 1. The second-order valence-corrected chi connectivity index (χ2v) is 8.34. The summed E-state index contributed by atoms with van der Waals surface area (Å²) in [5, 5.41) is 11.2. The first-order valence-corrected chi connectivity index (χ1v) is 9.82. The monoisotopic (exact) mass is 394 g/mol. The molecule has 0 saturated carbocycles. The van der Waals surface area contributed by atoms with E-state index in [1.807, 2.05) is 0 Å². The maximum absolute atomic E-state index is 12.9. The SMILES string of the molecule is COC(=O)C1C(C)=NC2=C(C1c1cccc([N+](=O)[O-])c1)S(=O)(=O)CCOC2. The Morgan fingerprint density at radius 2 is 2.15 bits per heavy atom. The third kappa shape index (κ3) is 3.50. The fraction of sp³-hybridized carbons (Fsp3) is 0.412. The van der Waals surface area contributed by atoms with Gasteiger partial charge in [-0.3, -0.25) is 19.9 Å². The van der Waals surface area contributed by atoms with E-state index in [2.05, 4.69) is 4.99 Å². The lowest BCUT2D eigenvalue weighted by Gasteiger charge is -2.31. The zero-order valence-electron chi connectivity index (χ0n) is 14.7. The molecular weight excluding hydrogens is 376 g/mol. The van der Waals surface area contributed by atoms with Crippen molar-refractivity contribution in [3.8, 4) is 0 Å². The second kappa shape index (κ2) is 7.20. The Morgan fingerprint density at radius 3 is 2.81 bits per heavy atom. The van der Waals surface area contributed by atoms with E-state index in [-0.39, 0.29) is 35.3 Å². The minimum absolute atomic E-state index is 0.00838. The van der Waals surface area contributed by atoms with Crippen molar-refractivity contribution in [3.05, 3.63) is 50.5 Å². The molecule has 10 heteroatoms. The zero-order chi connectivity index (χ0) is 19.8. The van der Waals surface area contributed by atoms with Crippen LogP contribution in [0.4, 0.5) is 5.69 Å². The molecule has 1 aromatic carbocycles. The number of non-ortho nitro benzene ring substituents is 1. The molecule has 0 bridgehead atoms. The summed E-state index contributed by atoms with van der Waals surface area (Å²) in [6, 6.07) is 5.62. The van der Waals surface area contributed by atoms with E-state index in [0.29, 0.717) is 11.3 Å². The van der Waals surface area contributed by atoms with Gasteiger partial charge < -0.3 is 9.47 Å². The number of aliphatic imine (C=N–C) groups is 1. The number of ether oxygens (including phenoxy) is 2. The summed E-state index contributed by atoms with van der Waals surface area (Å²) in [7, 11) is -2.58. The average Bonchev–Trinajstić information content (AvgIpc) is 2.78. The zero-order valence-corrected chi connectivity index (χ0v) is 15.6. The third-order valence-corrected chi connectivity index (χ3v) is 6.49. The van der Waals surface area contributed by atoms with E-state index >= 15 is 0 Å². The Bertz CT molecular complexity index is 965. The van der Waals surface area contributed by atoms with E-state index in [4.69, 9.17) is 9.47 Å². The van der Waals surface area contributed by atoms with Gasteiger partial charge in [0, 0.05) is 23.8 Å². The number of esters is 1. The number of rotatable bonds is 3. The largest absolute Gasteiger partial charge is 0.468 e. The Labute approximate surface area is 155 Å². The molecule has 144 valence electrons. The van der Waals surface area contributed by atoms with Crippen molar-refractivity contribution >= 4 is 27.2 Å². The van der Waals surface area contributed by atoms with Gasteiger partial charge in [0.15, 0.2) is 9.84 Å². The van der Waals surface area contributed by atoms with Gasteiger partial charge >= 0.3 is 5.97 Å². The number of nitro groups is 1. The predicted molar refractivity (Wildman–Crippen MR) is 96.1 cm³/mol. The number of carbonyl (C=O) groups excluding carboxylic acids is 1. The van der Waals surface area contributed by atoms with Crippen LogP contribution in [0.3, 0.4) is 0 Å². The van der Waals surface area contributed by atoms with Crippen LogP contribution < -0.4 is 0 Å². The first-order valence-electron chi connectivity index (χ1n) is 8.17. The number of hydrogen-bond donors (Lipinski definition) is 0. The molecule has 0 aliphatic carbocycles. The molecule has 0 saturated heterocycles. The minimum atomic E-state index is -3.78. The van der Waals surface area contributed by atoms with Crippen LogP contribution in [0, 0.1) is 16.0 Å². The summed E-state index contributed by atoms with van der Waals surface area (Å²) in [6.07, 6.45) is 0. The Balaban J connectivity index is 2.28. The molecular formula is C17H18N2O7S. The predicted octanol–water partition coefficient (Wildman–Crippen LogP) is 1.60. The highest BCUT2D eigenvalue weighted by molar-refractivity contribution is 7.95. The molecule has 9 nitrogen and oxygen atoms in total. The van der Waals surface area contributed by atoms with E-state index < -0.39 is 32.6 Å². The maximum Gasteiger partial charge on any atom is 0.315 e. The Morgan fingerprint density at radius 1 is 1.41 bits per heavy atom. The van der Waals surface area contributed by atoms with Crippen LogP contribution in [0.2, 0.25) is 0 Å². The molecule has 2 unspecified atom stereocenters. The van der Waals surface area contributed by atoms with Gasteiger partial charge in [0.05, 0.1) is 41.6 Å². The summed E-state index contributed by atoms with van der Waals surface area (Å²) in [4.78, 5) is 27.3. The number of benzene rings is 1. The van der Waals surface area contributed by atoms with Gasteiger partial charge in [-0.05, 0) is 12.5 Å². The minimum Gasteiger partial charge on any atom is -0.468 e. The molecule has 0 N–H and O–H groups in total. The normalized spacial score (nSPS) is 24.4. The summed E-state index contributed by atoms with van der Waals surface area (Å²) >= 11 is 0. The maximum atomic E-state index is 12.9. The molecule has 0 amide bonds. The van der Waals surface area contributed by atoms with Crippen molar-refractivity contribution in [2.75, 3.05) is 26.1 Å². The van der Waals surface area contributed by atoms with Crippen LogP contribution in [-0.4, -0.2) is 51.1 Å². The lowest BCUT2D eigenvalue weighted by atomic mass is 9.80. The van der Waals surface area contributed by atoms with Gasteiger partial charge in [0.1, 0.15) is 5.92 Å². The van der Waals surface area contributed by atoms with Gasteiger partial charge in [-0.1, -0.05) is 12.1 Å². The molecule has 3 rings (SSSR count). The third-order valence-electron chi connectivity index (χ3n) is 4.63. The number of sulfone groups is 1. The average molecular weight is 394 g/mol. The topological polar surface area (TPSA) is 125 Å². The van der Waals surface area contributed by atoms with Crippen LogP contribution in [0.1, 0.15) is 18.4 Å². The fourth-order valence-corrected chi connectivity index (χ4v) is 5.12. The van der Waals surface area contributed by atoms with Crippen LogP contribution in [0.5, 0.6) is 0 Å². The smallest absolute Gasteiger partial charge is 0.315 e. The van der Waals surface area contributed by atoms with E-state index in [1.165, 1.54) is 25.3 Å². The first-order chi connectivity index (χ1) is 12.8. The van der Waals surface area contributed by atoms with Crippen molar-refractivity contribution in [1.29, 1.82) is 0 Å². The van der Waals surface area contributed by atoms with Gasteiger partial charge in [0.25, 0.3) is 5.69 Å². The number of methoxy groups -OCH3 is 1. The number of allylic oxidation sites excluding steroid dienone is 1. The van der Waals surface area contributed by atoms with Gasteiger partial charge in [-0.2, -0.15) is 0 Å². The molecule has 2 heterocycles. The molecule has 2 aliphatic heterocycles. The molecule has 27 heavy (non-hydrogen) atoms. The summed E-state index contributed by atoms with van der Waals surface area (Å²) in [5.41, 5.74) is 0.743. The van der Waals surface area contributed by atoms with Crippen LogP contribution in [0.15, 0.2) is 39.9 Å². The molecule has 1 aromatic rings. The standard InChI is InChI=1S/C17H18N2O7S/c1-10-14(17(20)25-2)15(11-4-3-5-12(8-11)19(21)22)16-13(18-10)9-26-6-7-27(16,23)24/h3-5,8,14-15H,6-7,9H2,1-2H3. The van der Waals surface area contributed by atoms with Gasteiger partial charge in [-0.15, -0.1) is 0 Å². The van der Waals surface area contributed by atoms with Crippen molar-refractivity contribution in [3.63, 3.8) is 0 Å². The number of carbonyl (C=O) groups is 1. The second-order valence-electron chi connectivity index (χ2n) is 6.27. The number of nitrogens with zero attached hydrogens (tertiary/aromatic N) is 2. The van der Waals surface area contributed by atoms with Gasteiger partial charge in [0.2, 0.25) is 0 Å². The number of hydrogen-bond acceptors (Lipinski definition) is 8. The molecule has 2 atom stereocenters. The fourth-order valence-electron chi connectivity index (χ4n) is 3.44. The van der Waals surface area contributed by atoms with E-state index in [1.54, 1.807) is 13.0 Å². The summed E-state index contributed by atoms with van der Waals surface area (Å²) < 4.78 is 36.0. The van der Waals surface area contributed by atoms with Gasteiger partial charge in [-0.25, -0.2) is 8.42 Å². The van der Waals surface area contributed by atoms with Crippen molar-refractivity contribution in [2.24, 2.45) is 10.9 Å². The molecule has 2 aliphatic rings. The Hall–Kier alpha value is -2.59. The lowest BCUT2D eigenvalue weighted by molar-refractivity contribution is -0.384. The van der Waals surface area contributed by atoms with Crippen molar-refractivity contribution < 1.29 is 27.6 Å². The highest BCUT2D eigenvalue weighted by Crippen LogP contribution is 2.43. The van der Waals surface area contributed by atoms with Crippen molar-refractivity contribution in [1.82, 2.24) is 0 Å². The molecule has 0 fully saturated rings. The van der Waals surface area contributed by atoms with Crippen molar-refractivity contribution in [2.45, 2.75) is 12.8 Å². The van der Waals surface area contributed by atoms with E-state index in [9.17, 15) is 23.3 Å². The molecule has 0 aromatic heterocycles. The summed E-state index contributed by atoms with van der Waals surface area (Å²) in [6.45, 7) is 1.60. The molecule has 0 spiro atoms. The van der Waals surface area contributed by atoms with Crippen LogP contribution in [-0.2, 0) is 24.1 Å². The van der Waals surface area contributed by atoms with Crippen LogP contribution >= 0.6 is 0 Å². The lowest BCUT2D eigenvalue weighted by Crippen LogP contribution is -2.36. The van der Waals surface area contributed by atoms with E-state index in [0.717, 1.165) is 0 Å². The Kier molecular flexibility index (Phi) is 5.11. The van der Waals surface area contributed by atoms with Crippen LogP contribution in [0.25, 0.3) is 0 Å².